The number of carbonyl (C=O) groups is 1. The second-order valence-corrected chi connectivity index (χ2v) is 3.46. The molecule has 0 saturated carbocycles. The molecule has 0 aliphatic carbocycles. The Morgan fingerprint density at radius 1 is 1.69 bits per heavy atom. The maximum absolute atomic E-state index is 11.6. The minimum absolute atomic E-state index is 0.0266. The van der Waals surface area contributed by atoms with Crippen molar-refractivity contribution in [3.8, 4) is 0 Å². The van der Waals surface area contributed by atoms with Gasteiger partial charge in [0.15, 0.2) is 0 Å². The molecule has 2 atom stereocenters. The minimum Gasteiger partial charge on any atom is -0.391 e. The van der Waals surface area contributed by atoms with Crippen molar-refractivity contribution in [2.45, 2.75) is 32.0 Å². The fourth-order valence-electron chi connectivity index (χ4n) is 1.51. The third-order valence-corrected chi connectivity index (χ3v) is 2.41. The molecule has 0 bridgehead atoms. The monoisotopic (exact) mass is 187 g/mol. The van der Waals surface area contributed by atoms with E-state index >= 15 is 0 Å². The first kappa shape index (κ1) is 10.5. The van der Waals surface area contributed by atoms with Crippen LogP contribution >= 0.6 is 0 Å². The van der Waals surface area contributed by atoms with E-state index in [0.29, 0.717) is 6.54 Å². The molecular weight excluding hydrogens is 170 g/mol. The lowest BCUT2D eigenvalue weighted by atomic mass is 10.1. The van der Waals surface area contributed by atoms with Gasteiger partial charge in [-0.1, -0.05) is 0 Å². The fourth-order valence-corrected chi connectivity index (χ4v) is 1.51. The van der Waals surface area contributed by atoms with E-state index in [1.54, 1.807) is 11.8 Å². The highest BCUT2D eigenvalue weighted by molar-refractivity contribution is 5.80. The van der Waals surface area contributed by atoms with Crippen molar-refractivity contribution >= 4 is 5.91 Å². The molecule has 1 rings (SSSR count). The molecule has 13 heavy (non-hydrogen) atoms. The smallest absolute Gasteiger partial charge is 0.251 e. The number of hydrogen-bond donors (Lipinski definition) is 1. The predicted octanol–water partition coefficient (Wildman–Crippen LogP) is 0.00460. The van der Waals surface area contributed by atoms with Crippen LogP contribution < -0.4 is 0 Å². The van der Waals surface area contributed by atoms with Crippen molar-refractivity contribution in [3.63, 3.8) is 0 Å². The van der Waals surface area contributed by atoms with Crippen LogP contribution in [0.4, 0.5) is 0 Å². The topological polar surface area (TPSA) is 49.8 Å². The van der Waals surface area contributed by atoms with Gasteiger partial charge in [-0.2, -0.15) is 0 Å². The van der Waals surface area contributed by atoms with Crippen LogP contribution in [0.15, 0.2) is 0 Å². The van der Waals surface area contributed by atoms with Crippen LogP contribution in [0.2, 0.25) is 0 Å². The van der Waals surface area contributed by atoms with Gasteiger partial charge in [0.1, 0.15) is 6.10 Å². The Balaban J connectivity index is 2.46. The number of rotatable bonds is 2. The summed E-state index contributed by atoms with van der Waals surface area (Å²) in [4.78, 5) is 13.2. The average molecular weight is 187 g/mol. The molecule has 1 N–H and O–H groups in total. The second-order valence-electron chi connectivity index (χ2n) is 3.46. The van der Waals surface area contributed by atoms with Gasteiger partial charge in [-0.05, 0) is 19.8 Å². The van der Waals surface area contributed by atoms with Crippen LogP contribution in [0.5, 0.6) is 0 Å². The number of nitrogens with zero attached hydrogens (tertiary/aromatic N) is 1. The lowest BCUT2D eigenvalue weighted by molar-refractivity contribution is -0.143. The standard InChI is InChI=1S/C9H17NO3/c1-7(13-2)9(12)10-5-3-4-8(11)6-10/h7-8,11H,3-6H2,1-2H3. The number of amides is 1. The normalized spacial score (nSPS) is 25.8. The molecule has 0 spiro atoms. The molecular formula is C9H17NO3. The molecule has 0 radical (unpaired) electrons. The Bertz CT molecular complexity index is 184. The molecule has 1 aliphatic rings. The highest BCUT2D eigenvalue weighted by Crippen LogP contribution is 2.11. The number of hydrogen-bond acceptors (Lipinski definition) is 3. The number of methoxy groups -OCH3 is 1. The number of aliphatic hydroxyl groups is 1. The number of β-amino-alcohol motifs (C(OH)–C–C–N with tert-alkyl or cyclic N) is 1. The minimum atomic E-state index is -0.398. The summed E-state index contributed by atoms with van der Waals surface area (Å²) in [5.41, 5.74) is 0. The maximum Gasteiger partial charge on any atom is 0.251 e. The summed E-state index contributed by atoms with van der Waals surface area (Å²) in [5.74, 6) is -0.0266. The number of likely N-dealkylation sites (tertiary alicyclic amines) is 1. The highest BCUT2D eigenvalue weighted by atomic mass is 16.5. The molecule has 1 saturated heterocycles. The Morgan fingerprint density at radius 3 is 2.92 bits per heavy atom. The van der Waals surface area contributed by atoms with E-state index in [-0.39, 0.29) is 12.0 Å². The van der Waals surface area contributed by atoms with Crippen molar-refractivity contribution in [1.82, 2.24) is 4.90 Å². The van der Waals surface area contributed by atoms with E-state index in [0.717, 1.165) is 19.4 Å². The molecule has 1 fully saturated rings. The Morgan fingerprint density at radius 2 is 2.38 bits per heavy atom. The Labute approximate surface area is 78.5 Å². The largest absolute Gasteiger partial charge is 0.391 e. The maximum atomic E-state index is 11.6. The molecule has 0 aromatic heterocycles. The van der Waals surface area contributed by atoms with Gasteiger partial charge in [0, 0.05) is 20.2 Å². The molecule has 1 aliphatic heterocycles. The van der Waals surface area contributed by atoms with Gasteiger partial charge in [0.05, 0.1) is 6.10 Å². The van der Waals surface area contributed by atoms with E-state index in [9.17, 15) is 9.90 Å². The summed E-state index contributed by atoms with van der Waals surface area (Å²) >= 11 is 0. The van der Waals surface area contributed by atoms with Crippen molar-refractivity contribution in [2.24, 2.45) is 0 Å². The SMILES string of the molecule is COC(C)C(=O)N1CCCC(O)C1. The second kappa shape index (κ2) is 4.58. The Hall–Kier alpha value is -0.610. The van der Waals surface area contributed by atoms with E-state index in [4.69, 9.17) is 4.74 Å². The summed E-state index contributed by atoms with van der Waals surface area (Å²) in [6.07, 6.45) is 0.918. The van der Waals surface area contributed by atoms with Gasteiger partial charge >= 0.3 is 0 Å². The molecule has 76 valence electrons. The van der Waals surface area contributed by atoms with Crippen molar-refractivity contribution in [2.75, 3.05) is 20.2 Å². The van der Waals surface area contributed by atoms with Crippen LogP contribution in [-0.4, -0.2) is 48.3 Å². The van der Waals surface area contributed by atoms with Crippen molar-refractivity contribution < 1.29 is 14.6 Å². The van der Waals surface area contributed by atoms with Crippen molar-refractivity contribution in [1.29, 1.82) is 0 Å². The van der Waals surface area contributed by atoms with Crippen LogP contribution in [0.1, 0.15) is 19.8 Å². The van der Waals surface area contributed by atoms with Gasteiger partial charge in [-0.25, -0.2) is 0 Å². The molecule has 0 aromatic rings. The molecule has 1 heterocycles. The zero-order chi connectivity index (χ0) is 9.84. The molecule has 4 nitrogen and oxygen atoms in total. The predicted molar refractivity (Wildman–Crippen MR) is 48.3 cm³/mol. The Kier molecular flexibility index (Phi) is 3.69. The van der Waals surface area contributed by atoms with Gasteiger partial charge < -0.3 is 14.7 Å². The number of ether oxygens (including phenoxy) is 1. The molecule has 2 unspecified atom stereocenters. The van der Waals surface area contributed by atoms with Gasteiger partial charge in [0.25, 0.3) is 5.91 Å². The zero-order valence-corrected chi connectivity index (χ0v) is 8.19. The van der Waals surface area contributed by atoms with Crippen LogP contribution in [-0.2, 0) is 9.53 Å². The summed E-state index contributed by atoms with van der Waals surface area (Å²) in [6, 6.07) is 0. The van der Waals surface area contributed by atoms with Crippen molar-refractivity contribution in [3.05, 3.63) is 0 Å². The lowest BCUT2D eigenvalue weighted by Crippen LogP contribution is -2.46. The first-order valence-electron chi connectivity index (χ1n) is 4.64. The summed E-state index contributed by atoms with van der Waals surface area (Å²) in [5, 5.41) is 9.35. The summed E-state index contributed by atoms with van der Waals surface area (Å²) in [7, 11) is 1.52. The van der Waals surface area contributed by atoms with E-state index in [1.165, 1.54) is 7.11 Å². The zero-order valence-electron chi connectivity index (χ0n) is 8.19. The number of carbonyl (C=O) groups excluding carboxylic acids is 1. The van der Waals surface area contributed by atoms with Crippen LogP contribution in [0, 0.1) is 0 Å². The quantitative estimate of drug-likeness (QED) is 0.662. The first-order valence-corrected chi connectivity index (χ1v) is 4.64. The van der Waals surface area contributed by atoms with E-state index in [2.05, 4.69) is 0 Å². The van der Waals surface area contributed by atoms with Crippen LogP contribution in [0.3, 0.4) is 0 Å². The van der Waals surface area contributed by atoms with E-state index < -0.39 is 6.10 Å². The molecule has 0 aromatic carbocycles. The van der Waals surface area contributed by atoms with Gasteiger partial charge in [0.2, 0.25) is 0 Å². The molecule has 4 heteroatoms. The lowest BCUT2D eigenvalue weighted by Gasteiger charge is -2.31. The summed E-state index contributed by atoms with van der Waals surface area (Å²) < 4.78 is 4.93. The summed E-state index contributed by atoms with van der Waals surface area (Å²) in [6.45, 7) is 2.92. The first-order chi connectivity index (χ1) is 6.15. The van der Waals surface area contributed by atoms with Crippen LogP contribution in [0.25, 0.3) is 0 Å². The number of piperidine rings is 1. The van der Waals surface area contributed by atoms with E-state index in [1.807, 2.05) is 0 Å². The molecule has 1 amide bonds. The van der Waals surface area contributed by atoms with Gasteiger partial charge in [-0.3, -0.25) is 4.79 Å². The highest BCUT2D eigenvalue weighted by Gasteiger charge is 2.25. The number of aliphatic hydroxyl groups excluding tert-OH is 1. The third-order valence-electron chi connectivity index (χ3n) is 2.41. The average Bonchev–Trinajstić information content (AvgIpc) is 2.15. The van der Waals surface area contributed by atoms with Gasteiger partial charge in [-0.15, -0.1) is 0 Å². The fraction of sp³-hybridized carbons (Fsp3) is 0.889. The third kappa shape index (κ3) is 2.67.